The molecule has 0 aliphatic heterocycles. The maximum absolute atomic E-state index is 12.4. The van der Waals surface area contributed by atoms with Crippen LogP contribution in [0.2, 0.25) is 0 Å². The van der Waals surface area contributed by atoms with E-state index in [1.165, 1.54) is 19.6 Å². The van der Waals surface area contributed by atoms with Crippen LogP contribution in [0, 0.1) is 0 Å². The zero-order valence-corrected chi connectivity index (χ0v) is 16.3. The molecule has 0 fully saturated rings. The van der Waals surface area contributed by atoms with Crippen LogP contribution in [0.1, 0.15) is 43.1 Å². The maximum atomic E-state index is 12.4. The number of hydrogen-bond acceptors (Lipinski definition) is 4. The molecule has 0 saturated heterocycles. The van der Waals surface area contributed by atoms with E-state index in [4.69, 9.17) is 9.47 Å². The van der Waals surface area contributed by atoms with Gasteiger partial charge in [-0.2, -0.15) is 0 Å². The molecule has 0 saturated carbocycles. The number of rotatable bonds is 9. The molecule has 144 valence electrons. The van der Waals surface area contributed by atoms with Gasteiger partial charge in [0, 0.05) is 11.6 Å². The van der Waals surface area contributed by atoms with Crippen molar-refractivity contribution < 1.29 is 19.1 Å². The van der Waals surface area contributed by atoms with Gasteiger partial charge in [-0.3, -0.25) is 9.59 Å². The number of ketones is 1. The summed E-state index contributed by atoms with van der Waals surface area (Å²) in [6.45, 7) is 5.16. The van der Waals surface area contributed by atoms with Crippen molar-refractivity contribution >= 4 is 11.7 Å². The second-order valence-electron chi connectivity index (χ2n) is 6.62. The lowest BCUT2D eigenvalue weighted by molar-refractivity contribution is -0.127. The molecule has 1 amide bonds. The van der Waals surface area contributed by atoms with E-state index in [0.717, 1.165) is 12.8 Å². The number of Topliss-reactive ketones (excluding diaryl/α,β-unsaturated/α-hetero) is 1. The van der Waals surface area contributed by atoms with Gasteiger partial charge in [0.25, 0.3) is 5.91 Å². The Bertz CT molecular complexity index is 773. The summed E-state index contributed by atoms with van der Waals surface area (Å²) in [7, 11) is 1.50. The molecule has 2 aromatic rings. The summed E-state index contributed by atoms with van der Waals surface area (Å²) in [6, 6.07) is 15.1. The number of hydrogen-bond donors (Lipinski definition) is 1. The summed E-state index contributed by atoms with van der Waals surface area (Å²) >= 11 is 0. The molecule has 5 nitrogen and oxygen atoms in total. The van der Waals surface area contributed by atoms with Crippen LogP contribution in [0.5, 0.6) is 11.5 Å². The van der Waals surface area contributed by atoms with Gasteiger partial charge in [-0.15, -0.1) is 0 Å². The van der Waals surface area contributed by atoms with Gasteiger partial charge in [0.05, 0.1) is 7.11 Å². The highest BCUT2D eigenvalue weighted by molar-refractivity contribution is 5.94. The first-order valence-electron chi connectivity index (χ1n) is 9.10. The monoisotopic (exact) mass is 369 g/mol. The van der Waals surface area contributed by atoms with E-state index in [2.05, 4.69) is 17.4 Å². The third-order valence-corrected chi connectivity index (χ3v) is 4.34. The summed E-state index contributed by atoms with van der Waals surface area (Å²) in [5, 5.41) is 2.98. The van der Waals surface area contributed by atoms with Crippen LogP contribution >= 0.6 is 0 Å². The lowest BCUT2D eigenvalue weighted by atomic mass is 10.1. The van der Waals surface area contributed by atoms with Crippen molar-refractivity contribution in [2.24, 2.45) is 0 Å². The first-order chi connectivity index (χ1) is 12.9. The molecule has 0 heterocycles. The molecule has 0 radical (unpaired) electrons. The lowest BCUT2D eigenvalue weighted by Crippen LogP contribution is -2.41. The molecule has 2 unspecified atom stereocenters. The summed E-state index contributed by atoms with van der Waals surface area (Å²) in [6.07, 6.45) is 1.07. The highest BCUT2D eigenvalue weighted by atomic mass is 16.5. The predicted molar refractivity (Wildman–Crippen MR) is 105 cm³/mol. The molecule has 2 rings (SSSR count). The number of carbonyl (C=O) groups is 2. The minimum Gasteiger partial charge on any atom is -0.493 e. The summed E-state index contributed by atoms with van der Waals surface area (Å²) < 4.78 is 11.0. The number of amides is 1. The van der Waals surface area contributed by atoms with Gasteiger partial charge < -0.3 is 14.8 Å². The van der Waals surface area contributed by atoms with Gasteiger partial charge in [0.15, 0.2) is 23.4 Å². The zero-order valence-electron chi connectivity index (χ0n) is 16.3. The Balaban J connectivity index is 1.90. The fraction of sp³-hybridized carbons (Fsp3) is 0.364. The minimum absolute atomic E-state index is 0.0331. The SMILES string of the molecule is COc1cc(C(C)=O)ccc1OC(C)C(=O)NC(C)CCc1ccccc1. The first kappa shape index (κ1) is 20.5. The smallest absolute Gasteiger partial charge is 0.260 e. The van der Waals surface area contributed by atoms with E-state index >= 15 is 0 Å². The molecule has 5 heteroatoms. The van der Waals surface area contributed by atoms with Gasteiger partial charge in [-0.1, -0.05) is 30.3 Å². The van der Waals surface area contributed by atoms with Crippen LogP contribution < -0.4 is 14.8 Å². The van der Waals surface area contributed by atoms with Crippen molar-refractivity contribution in [1.82, 2.24) is 5.32 Å². The standard InChI is InChI=1S/C22H27NO4/c1-15(10-11-18-8-6-5-7-9-18)23-22(25)17(3)27-20-13-12-19(16(2)24)14-21(20)26-4/h5-9,12-15,17H,10-11H2,1-4H3,(H,23,25). The van der Waals surface area contributed by atoms with Crippen molar-refractivity contribution in [1.29, 1.82) is 0 Å². The van der Waals surface area contributed by atoms with Crippen molar-refractivity contribution in [3.05, 3.63) is 59.7 Å². The second kappa shape index (κ2) is 9.76. The highest BCUT2D eigenvalue weighted by Gasteiger charge is 2.19. The van der Waals surface area contributed by atoms with Gasteiger partial charge in [-0.25, -0.2) is 0 Å². The fourth-order valence-corrected chi connectivity index (χ4v) is 2.69. The maximum Gasteiger partial charge on any atom is 0.260 e. The van der Waals surface area contributed by atoms with Crippen LogP contribution in [0.4, 0.5) is 0 Å². The average Bonchev–Trinajstić information content (AvgIpc) is 2.67. The Morgan fingerprint density at radius 3 is 2.37 bits per heavy atom. The normalized spacial score (nSPS) is 12.7. The van der Waals surface area contributed by atoms with Gasteiger partial charge >= 0.3 is 0 Å². The molecule has 1 N–H and O–H groups in total. The van der Waals surface area contributed by atoms with E-state index in [1.54, 1.807) is 25.1 Å². The van der Waals surface area contributed by atoms with Gasteiger partial charge in [0.1, 0.15) is 0 Å². The largest absolute Gasteiger partial charge is 0.493 e. The van der Waals surface area contributed by atoms with E-state index in [-0.39, 0.29) is 17.7 Å². The van der Waals surface area contributed by atoms with E-state index in [9.17, 15) is 9.59 Å². The zero-order chi connectivity index (χ0) is 19.8. The fourth-order valence-electron chi connectivity index (χ4n) is 2.69. The van der Waals surface area contributed by atoms with Crippen molar-refractivity contribution in [3.63, 3.8) is 0 Å². The Labute approximate surface area is 160 Å². The van der Waals surface area contributed by atoms with Gasteiger partial charge in [0.2, 0.25) is 0 Å². The molecule has 27 heavy (non-hydrogen) atoms. The molecule has 2 aromatic carbocycles. The van der Waals surface area contributed by atoms with Crippen LogP contribution in [0.3, 0.4) is 0 Å². The van der Waals surface area contributed by atoms with Crippen LogP contribution in [0.15, 0.2) is 48.5 Å². The minimum atomic E-state index is -0.679. The lowest BCUT2D eigenvalue weighted by Gasteiger charge is -2.20. The van der Waals surface area contributed by atoms with Crippen molar-refractivity contribution in [3.8, 4) is 11.5 Å². The third kappa shape index (κ3) is 6.13. The third-order valence-electron chi connectivity index (χ3n) is 4.34. The summed E-state index contributed by atoms with van der Waals surface area (Å²) in [5.74, 6) is 0.618. The molecule has 0 aliphatic rings. The molecule has 0 aromatic heterocycles. The first-order valence-corrected chi connectivity index (χ1v) is 9.10. The van der Waals surface area contributed by atoms with E-state index in [0.29, 0.717) is 17.1 Å². The Hall–Kier alpha value is -2.82. The average molecular weight is 369 g/mol. The van der Waals surface area contributed by atoms with Crippen LogP contribution in [-0.4, -0.2) is 30.9 Å². The van der Waals surface area contributed by atoms with Gasteiger partial charge in [-0.05, 0) is 57.4 Å². The number of methoxy groups -OCH3 is 1. The Morgan fingerprint density at radius 2 is 1.74 bits per heavy atom. The van der Waals surface area contributed by atoms with Crippen molar-refractivity contribution in [2.45, 2.75) is 45.8 Å². The molecule has 0 aliphatic carbocycles. The summed E-state index contributed by atoms with van der Waals surface area (Å²) in [5.41, 5.74) is 1.78. The molecular weight excluding hydrogens is 342 g/mol. The Kier molecular flexibility index (Phi) is 7.41. The van der Waals surface area contributed by atoms with E-state index in [1.807, 2.05) is 25.1 Å². The molecule has 2 atom stereocenters. The van der Waals surface area contributed by atoms with Crippen molar-refractivity contribution in [2.75, 3.05) is 7.11 Å². The molecule has 0 spiro atoms. The van der Waals surface area contributed by atoms with Crippen LogP contribution in [-0.2, 0) is 11.2 Å². The second-order valence-corrected chi connectivity index (χ2v) is 6.62. The topological polar surface area (TPSA) is 64.6 Å². The van der Waals surface area contributed by atoms with Crippen LogP contribution in [0.25, 0.3) is 0 Å². The quantitative estimate of drug-likeness (QED) is 0.683. The van der Waals surface area contributed by atoms with E-state index < -0.39 is 6.10 Å². The highest BCUT2D eigenvalue weighted by Crippen LogP contribution is 2.29. The number of ether oxygens (including phenoxy) is 2. The predicted octanol–water partition coefficient (Wildman–Crippen LogP) is 3.80. The number of aryl methyl sites for hydroxylation is 1. The number of benzene rings is 2. The summed E-state index contributed by atoms with van der Waals surface area (Å²) in [4.78, 5) is 23.9. The molecular formula is C22H27NO4. The Morgan fingerprint density at radius 1 is 1.04 bits per heavy atom. The molecule has 0 bridgehead atoms. The number of carbonyl (C=O) groups excluding carboxylic acids is 2. The number of nitrogens with one attached hydrogen (secondary N) is 1.